The third kappa shape index (κ3) is 9.33. The van der Waals surface area contributed by atoms with Crippen molar-refractivity contribution < 1.29 is 8.37 Å². The first kappa shape index (κ1) is 10.8. The van der Waals surface area contributed by atoms with Crippen molar-refractivity contribution in [3.05, 3.63) is 0 Å². The summed E-state index contributed by atoms with van der Waals surface area (Å²) in [6.07, 6.45) is 2.58. The molecule has 0 aromatic carbocycles. The van der Waals surface area contributed by atoms with Crippen LogP contribution in [-0.2, 0) is 8.37 Å². The summed E-state index contributed by atoms with van der Waals surface area (Å²) in [7, 11) is 0. The van der Waals surface area contributed by atoms with Gasteiger partial charge in [0.2, 0.25) is 0 Å². The van der Waals surface area contributed by atoms with Crippen molar-refractivity contribution >= 4 is 41.9 Å². The molecule has 8 heavy (non-hydrogen) atoms. The van der Waals surface area contributed by atoms with Gasteiger partial charge in [-0.25, -0.2) is 0 Å². The number of hydrogen-bond acceptors (Lipinski definition) is 5. The van der Waals surface area contributed by atoms with Gasteiger partial charge in [0, 0.05) is 29.6 Å². The Bertz CT molecular complexity index is 102. The SMILES string of the molecule is N#COSOC#N.[Na]. The summed E-state index contributed by atoms with van der Waals surface area (Å²) in [5.41, 5.74) is 0. The summed E-state index contributed by atoms with van der Waals surface area (Å²) in [5.74, 6) is 0. The van der Waals surface area contributed by atoms with Crippen LogP contribution in [0.2, 0.25) is 0 Å². The van der Waals surface area contributed by atoms with Crippen molar-refractivity contribution in [2.45, 2.75) is 0 Å². The molecule has 0 aliphatic heterocycles. The van der Waals surface area contributed by atoms with Gasteiger partial charge in [-0.1, -0.05) is 0 Å². The van der Waals surface area contributed by atoms with Crippen LogP contribution in [0.3, 0.4) is 0 Å². The fourth-order valence-electron chi connectivity index (χ4n) is 0.0474. The van der Waals surface area contributed by atoms with E-state index < -0.39 is 0 Å². The molecule has 0 saturated carbocycles. The standard InChI is InChI=1S/C2N2O2S.Na/c3-1-5-7-6-2-4;. The molecule has 0 unspecified atom stereocenters. The first-order chi connectivity index (χ1) is 3.41. The van der Waals surface area contributed by atoms with Crippen LogP contribution < -0.4 is 0 Å². The minimum atomic E-state index is 0. The second-order valence-electron chi connectivity index (χ2n) is 0.417. The van der Waals surface area contributed by atoms with Crippen LogP contribution in [0, 0.1) is 23.0 Å². The van der Waals surface area contributed by atoms with E-state index in [-0.39, 0.29) is 29.6 Å². The van der Waals surface area contributed by atoms with Crippen LogP contribution in [0.5, 0.6) is 0 Å². The van der Waals surface area contributed by atoms with Gasteiger partial charge in [0.25, 0.3) is 0 Å². The fraction of sp³-hybridized carbons (Fsp3) is 0. The molecule has 37 valence electrons. The van der Waals surface area contributed by atoms with Crippen molar-refractivity contribution in [3.63, 3.8) is 0 Å². The summed E-state index contributed by atoms with van der Waals surface area (Å²) < 4.78 is 7.70. The molecule has 4 nitrogen and oxygen atoms in total. The smallest absolute Gasteiger partial charge is 0.311 e. The first-order valence-corrected chi connectivity index (χ1v) is 1.86. The average molecular weight is 139 g/mol. The van der Waals surface area contributed by atoms with Crippen LogP contribution in [0.4, 0.5) is 0 Å². The van der Waals surface area contributed by atoms with Crippen LogP contribution in [0.1, 0.15) is 0 Å². The number of nitriles is 2. The molecule has 0 aliphatic rings. The molecule has 6 heteroatoms. The maximum Gasteiger partial charge on any atom is 0.316 e. The van der Waals surface area contributed by atoms with Gasteiger partial charge < -0.3 is 8.37 Å². The molecule has 0 fully saturated rings. The molecule has 0 rings (SSSR count). The van der Waals surface area contributed by atoms with Gasteiger partial charge in [0.05, 0.1) is 0 Å². The van der Waals surface area contributed by atoms with Gasteiger partial charge in [0.15, 0.2) is 0 Å². The monoisotopic (exact) mass is 139 g/mol. The van der Waals surface area contributed by atoms with E-state index >= 15 is 0 Å². The van der Waals surface area contributed by atoms with Crippen molar-refractivity contribution in [1.29, 1.82) is 10.5 Å². The third-order valence-electron chi connectivity index (χ3n) is 0.143. The molecule has 0 N–H and O–H groups in total. The zero-order valence-electron chi connectivity index (χ0n) is 4.12. The van der Waals surface area contributed by atoms with Crippen molar-refractivity contribution in [2.75, 3.05) is 0 Å². The summed E-state index contributed by atoms with van der Waals surface area (Å²) in [6.45, 7) is 0. The topological polar surface area (TPSA) is 66.0 Å². The van der Waals surface area contributed by atoms with E-state index in [0.29, 0.717) is 12.3 Å². The minimum absolute atomic E-state index is 0. The molecule has 0 heterocycles. The van der Waals surface area contributed by atoms with Gasteiger partial charge in [0.1, 0.15) is 0 Å². The van der Waals surface area contributed by atoms with E-state index in [1.165, 1.54) is 12.5 Å². The van der Waals surface area contributed by atoms with Gasteiger partial charge >= 0.3 is 24.8 Å². The molecule has 0 aromatic rings. The van der Waals surface area contributed by atoms with E-state index in [9.17, 15) is 0 Å². The second-order valence-corrected chi connectivity index (χ2v) is 0.887. The molecular weight excluding hydrogens is 139 g/mol. The molecule has 0 aliphatic carbocycles. The summed E-state index contributed by atoms with van der Waals surface area (Å²) in [5, 5.41) is 15.2. The van der Waals surface area contributed by atoms with Gasteiger partial charge in [-0.15, -0.1) is 10.5 Å². The second kappa shape index (κ2) is 10.0. The molecule has 0 amide bonds. The molecule has 1 radical (unpaired) electrons. The average Bonchev–Trinajstić information content (AvgIpc) is 1.69. The molecule has 0 atom stereocenters. The fourth-order valence-corrected chi connectivity index (χ4v) is 0.142. The van der Waals surface area contributed by atoms with Crippen molar-refractivity contribution in [1.82, 2.24) is 0 Å². The maximum absolute atomic E-state index is 7.61. The summed E-state index contributed by atoms with van der Waals surface area (Å²) in [4.78, 5) is 0. The predicted octanol–water partition coefficient (Wildman–Crippen LogP) is 0.164. The molecule has 0 bridgehead atoms. The van der Waals surface area contributed by atoms with Crippen molar-refractivity contribution in [2.24, 2.45) is 0 Å². The van der Waals surface area contributed by atoms with Gasteiger partial charge in [-0.05, 0) is 0 Å². The zero-order valence-corrected chi connectivity index (χ0v) is 6.94. The first-order valence-electron chi connectivity index (χ1n) is 1.19. The Hall–Kier alpha value is -0.0700. The zero-order chi connectivity index (χ0) is 5.54. The van der Waals surface area contributed by atoms with Gasteiger partial charge in [-0.2, -0.15) is 0 Å². The van der Waals surface area contributed by atoms with Crippen LogP contribution >= 0.6 is 12.3 Å². The molecule has 0 aromatic heterocycles. The minimum Gasteiger partial charge on any atom is -0.311 e. The Kier molecular flexibility index (Phi) is 13.6. The van der Waals surface area contributed by atoms with E-state index in [4.69, 9.17) is 10.5 Å². The normalized spacial score (nSPS) is 4.75. The summed E-state index contributed by atoms with van der Waals surface area (Å²) >= 11 is 0.331. The van der Waals surface area contributed by atoms with E-state index in [1.807, 2.05) is 0 Å². The molecule has 0 spiro atoms. The van der Waals surface area contributed by atoms with E-state index in [2.05, 4.69) is 8.37 Å². The maximum atomic E-state index is 7.61. The van der Waals surface area contributed by atoms with Crippen LogP contribution in [0.15, 0.2) is 0 Å². The van der Waals surface area contributed by atoms with Crippen LogP contribution in [-0.4, -0.2) is 29.6 Å². The van der Waals surface area contributed by atoms with E-state index in [1.54, 1.807) is 0 Å². The number of hydrogen-bond donors (Lipinski definition) is 0. The number of nitrogens with zero attached hydrogens (tertiary/aromatic N) is 2. The van der Waals surface area contributed by atoms with Gasteiger partial charge in [-0.3, -0.25) is 0 Å². The Balaban J connectivity index is 0. The van der Waals surface area contributed by atoms with Crippen molar-refractivity contribution in [3.8, 4) is 12.5 Å². The molecule has 0 saturated heterocycles. The Morgan fingerprint density at radius 1 is 1.12 bits per heavy atom. The molecular formula is C2N2NaO2S. The van der Waals surface area contributed by atoms with Crippen LogP contribution in [0.25, 0.3) is 0 Å². The Labute approximate surface area is 73.1 Å². The number of rotatable bonds is 2. The Morgan fingerprint density at radius 2 is 1.50 bits per heavy atom. The van der Waals surface area contributed by atoms with E-state index in [0.717, 1.165) is 0 Å². The Morgan fingerprint density at radius 3 is 1.75 bits per heavy atom. The predicted molar refractivity (Wildman–Crippen MR) is 26.7 cm³/mol. The quantitative estimate of drug-likeness (QED) is 0.236. The third-order valence-corrected chi connectivity index (χ3v) is 0.428. The summed E-state index contributed by atoms with van der Waals surface area (Å²) in [6, 6.07) is 0. The largest absolute Gasteiger partial charge is 0.316 e.